The molecule has 1 atom stereocenters. The van der Waals surface area contributed by atoms with E-state index in [0.717, 1.165) is 17.3 Å². The minimum Gasteiger partial charge on any atom is -0.456 e. The number of carbonyl (C=O) groups is 2. The highest BCUT2D eigenvalue weighted by Crippen LogP contribution is 2.20. The molecule has 2 rings (SSSR count). The van der Waals surface area contributed by atoms with E-state index in [1.54, 1.807) is 12.1 Å². The number of ether oxygens (including phenoxy) is 1. The van der Waals surface area contributed by atoms with Crippen LogP contribution in [0.5, 0.6) is 0 Å². The second-order valence-electron chi connectivity index (χ2n) is 4.69. The number of carbonyl (C=O) groups excluding carboxylic acids is 2. The normalized spacial score (nSPS) is 16.9. The second-order valence-corrected chi connectivity index (χ2v) is 5.60. The Morgan fingerprint density at radius 2 is 2.05 bits per heavy atom. The lowest BCUT2D eigenvalue weighted by Crippen LogP contribution is -2.21. The van der Waals surface area contributed by atoms with Crippen LogP contribution in [0.1, 0.15) is 19.3 Å². The van der Waals surface area contributed by atoms with Crippen LogP contribution in [0.2, 0.25) is 0 Å². The van der Waals surface area contributed by atoms with E-state index < -0.39 is 0 Å². The van der Waals surface area contributed by atoms with Gasteiger partial charge >= 0.3 is 5.97 Å². The average Bonchev–Trinajstić information content (AvgIpc) is 2.92. The lowest BCUT2D eigenvalue weighted by atomic mass is 10.1. The fourth-order valence-electron chi connectivity index (χ4n) is 2.01. The highest BCUT2D eigenvalue weighted by molar-refractivity contribution is 9.10. The summed E-state index contributed by atoms with van der Waals surface area (Å²) >= 11 is 3.32. The van der Waals surface area contributed by atoms with Gasteiger partial charge in [0.2, 0.25) is 0 Å². The van der Waals surface area contributed by atoms with Crippen molar-refractivity contribution in [2.45, 2.75) is 19.3 Å². The number of benzene rings is 1. The zero-order valence-electron chi connectivity index (χ0n) is 11.0. The Morgan fingerprint density at radius 3 is 2.70 bits per heavy atom. The second kappa shape index (κ2) is 7.24. The van der Waals surface area contributed by atoms with Gasteiger partial charge in [0.05, 0.1) is 6.42 Å². The molecule has 0 radical (unpaired) electrons. The molecule has 1 aliphatic carbocycles. The number of hydrogen-bond donors (Lipinski definition) is 1. The van der Waals surface area contributed by atoms with Crippen LogP contribution in [0, 0.1) is 5.92 Å². The topological polar surface area (TPSA) is 55.4 Å². The standard InChI is InChI=1S/C15H16BrNO3/c16-12-5-7-13(8-6-12)17-14(18)10-20-15(19)9-11-3-1-2-4-11/h1,3,5-8,11H,2,4,9-10H2,(H,17,18)/t11-/m0/s1. The molecule has 0 aliphatic heterocycles. The lowest BCUT2D eigenvalue weighted by Gasteiger charge is -2.08. The third-order valence-corrected chi connectivity index (χ3v) is 3.56. The van der Waals surface area contributed by atoms with Gasteiger partial charge in [0, 0.05) is 10.2 Å². The maximum Gasteiger partial charge on any atom is 0.306 e. The predicted octanol–water partition coefficient (Wildman–Crippen LogP) is 3.29. The summed E-state index contributed by atoms with van der Waals surface area (Å²) in [5, 5.41) is 2.67. The van der Waals surface area contributed by atoms with E-state index in [2.05, 4.69) is 27.3 Å². The van der Waals surface area contributed by atoms with Gasteiger partial charge in [0.15, 0.2) is 6.61 Å². The van der Waals surface area contributed by atoms with Crippen molar-refractivity contribution < 1.29 is 14.3 Å². The Kier molecular flexibility index (Phi) is 5.35. The number of hydrogen-bond acceptors (Lipinski definition) is 3. The SMILES string of the molecule is O=C(COC(=O)C[C@H]1C=CCC1)Nc1ccc(Br)cc1. The number of esters is 1. The van der Waals surface area contributed by atoms with Crippen LogP contribution in [0.3, 0.4) is 0 Å². The molecule has 0 aromatic heterocycles. The summed E-state index contributed by atoms with van der Waals surface area (Å²) in [6.07, 6.45) is 6.45. The smallest absolute Gasteiger partial charge is 0.306 e. The minimum absolute atomic E-state index is 0.245. The molecular formula is C15H16BrNO3. The summed E-state index contributed by atoms with van der Waals surface area (Å²) in [7, 11) is 0. The first-order valence-electron chi connectivity index (χ1n) is 6.51. The molecule has 1 aromatic rings. The van der Waals surface area contributed by atoms with Crippen LogP contribution in [0.4, 0.5) is 5.69 Å². The van der Waals surface area contributed by atoms with Crippen molar-refractivity contribution in [3.63, 3.8) is 0 Å². The highest BCUT2D eigenvalue weighted by atomic mass is 79.9. The predicted molar refractivity (Wildman–Crippen MR) is 80.2 cm³/mol. The van der Waals surface area contributed by atoms with Gasteiger partial charge < -0.3 is 10.1 Å². The molecule has 20 heavy (non-hydrogen) atoms. The molecule has 0 fully saturated rings. The maximum atomic E-state index is 11.6. The number of rotatable bonds is 5. The Hall–Kier alpha value is -1.62. The van der Waals surface area contributed by atoms with Crippen LogP contribution in [-0.4, -0.2) is 18.5 Å². The Bertz CT molecular complexity index is 510. The Balaban J connectivity index is 1.70. The summed E-state index contributed by atoms with van der Waals surface area (Å²) in [4.78, 5) is 23.2. The van der Waals surface area contributed by atoms with Crippen molar-refractivity contribution in [3.05, 3.63) is 40.9 Å². The van der Waals surface area contributed by atoms with Crippen molar-refractivity contribution >= 4 is 33.5 Å². The van der Waals surface area contributed by atoms with E-state index in [1.807, 2.05) is 18.2 Å². The molecule has 1 amide bonds. The maximum absolute atomic E-state index is 11.6. The first-order chi connectivity index (χ1) is 9.63. The summed E-state index contributed by atoms with van der Waals surface area (Å²) in [6, 6.07) is 7.20. The summed E-state index contributed by atoms with van der Waals surface area (Å²) in [5.74, 6) is -0.396. The number of anilines is 1. The first kappa shape index (κ1) is 14.8. The fraction of sp³-hybridized carbons (Fsp3) is 0.333. The molecule has 0 bridgehead atoms. The van der Waals surface area contributed by atoms with Gasteiger partial charge in [-0.3, -0.25) is 9.59 Å². The summed E-state index contributed by atoms with van der Waals surface area (Å²) < 4.78 is 5.90. The van der Waals surface area contributed by atoms with Gasteiger partial charge in [-0.2, -0.15) is 0 Å². The van der Waals surface area contributed by atoms with Crippen molar-refractivity contribution in [3.8, 4) is 0 Å². The van der Waals surface area contributed by atoms with Crippen LogP contribution in [0.15, 0.2) is 40.9 Å². The summed E-state index contributed by atoms with van der Waals surface area (Å²) in [6.45, 7) is -0.245. The minimum atomic E-state index is -0.331. The van der Waals surface area contributed by atoms with E-state index >= 15 is 0 Å². The number of allylic oxidation sites excluding steroid dienone is 2. The van der Waals surface area contributed by atoms with E-state index in [0.29, 0.717) is 12.1 Å². The summed E-state index contributed by atoms with van der Waals surface area (Å²) in [5.41, 5.74) is 0.674. The molecule has 0 heterocycles. The van der Waals surface area contributed by atoms with Gasteiger partial charge in [-0.05, 0) is 43.0 Å². The fourth-order valence-corrected chi connectivity index (χ4v) is 2.28. The third-order valence-electron chi connectivity index (χ3n) is 3.03. The van der Waals surface area contributed by atoms with Gasteiger partial charge in [-0.25, -0.2) is 0 Å². The van der Waals surface area contributed by atoms with E-state index in [1.165, 1.54) is 0 Å². The van der Waals surface area contributed by atoms with Gasteiger partial charge in [0.25, 0.3) is 5.91 Å². The van der Waals surface area contributed by atoms with E-state index in [9.17, 15) is 9.59 Å². The highest BCUT2D eigenvalue weighted by Gasteiger charge is 2.15. The molecule has 0 saturated heterocycles. The van der Waals surface area contributed by atoms with E-state index in [4.69, 9.17) is 4.74 Å². The molecule has 1 aromatic carbocycles. The zero-order valence-corrected chi connectivity index (χ0v) is 12.6. The third kappa shape index (κ3) is 4.81. The Labute approximate surface area is 126 Å². The van der Waals surface area contributed by atoms with Crippen molar-refractivity contribution in [1.29, 1.82) is 0 Å². The van der Waals surface area contributed by atoms with E-state index in [-0.39, 0.29) is 24.4 Å². The van der Waals surface area contributed by atoms with Gasteiger partial charge in [0.1, 0.15) is 0 Å². The van der Waals surface area contributed by atoms with Crippen LogP contribution in [0.25, 0.3) is 0 Å². The number of halogens is 1. The quantitative estimate of drug-likeness (QED) is 0.662. The molecule has 0 spiro atoms. The number of nitrogens with one attached hydrogen (secondary N) is 1. The van der Waals surface area contributed by atoms with Crippen LogP contribution >= 0.6 is 15.9 Å². The molecule has 0 unspecified atom stereocenters. The molecule has 106 valence electrons. The first-order valence-corrected chi connectivity index (χ1v) is 7.30. The number of amides is 1. The van der Waals surface area contributed by atoms with Gasteiger partial charge in [-0.15, -0.1) is 0 Å². The molecule has 0 saturated carbocycles. The lowest BCUT2D eigenvalue weighted by molar-refractivity contribution is -0.147. The van der Waals surface area contributed by atoms with Crippen molar-refractivity contribution in [2.75, 3.05) is 11.9 Å². The molecular weight excluding hydrogens is 322 g/mol. The van der Waals surface area contributed by atoms with Crippen LogP contribution < -0.4 is 5.32 Å². The molecule has 4 nitrogen and oxygen atoms in total. The zero-order chi connectivity index (χ0) is 14.4. The van der Waals surface area contributed by atoms with Crippen molar-refractivity contribution in [2.24, 2.45) is 5.92 Å². The Morgan fingerprint density at radius 1 is 1.30 bits per heavy atom. The average molecular weight is 338 g/mol. The van der Waals surface area contributed by atoms with Gasteiger partial charge in [-0.1, -0.05) is 28.1 Å². The van der Waals surface area contributed by atoms with Crippen molar-refractivity contribution in [1.82, 2.24) is 0 Å². The largest absolute Gasteiger partial charge is 0.456 e. The molecule has 5 heteroatoms. The monoisotopic (exact) mass is 337 g/mol. The molecule has 1 aliphatic rings. The molecule has 1 N–H and O–H groups in total. The van der Waals surface area contributed by atoms with Crippen LogP contribution in [-0.2, 0) is 14.3 Å².